The summed E-state index contributed by atoms with van der Waals surface area (Å²) in [6.45, 7) is 13.9. The Morgan fingerprint density at radius 3 is 2.47 bits per heavy atom. The van der Waals surface area contributed by atoms with E-state index in [2.05, 4.69) is 44.8 Å². The molecule has 1 aliphatic rings. The maximum Gasteiger partial charge on any atom is 0.222 e. The first-order chi connectivity index (χ1) is 8.95. The molecule has 112 valence electrons. The molecule has 1 heterocycles. The first kappa shape index (κ1) is 16.5. The summed E-state index contributed by atoms with van der Waals surface area (Å²) in [6.07, 6.45) is 2.97. The summed E-state index contributed by atoms with van der Waals surface area (Å²) in [7, 11) is 0. The zero-order valence-electron chi connectivity index (χ0n) is 13.4. The fraction of sp³-hybridized carbons (Fsp3) is 0.938. The molecule has 19 heavy (non-hydrogen) atoms. The van der Waals surface area contributed by atoms with E-state index in [1.54, 1.807) is 0 Å². The molecule has 1 fully saturated rings. The lowest BCUT2D eigenvalue weighted by Crippen LogP contribution is -2.46. The van der Waals surface area contributed by atoms with Crippen molar-refractivity contribution in [3.05, 3.63) is 0 Å². The summed E-state index contributed by atoms with van der Waals surface area (Å²) in [5, 5.41) is 3.51. The van der Waals surface area contributed by atoms with E-state index in [-0.39, 0.29) is 0 Å². The van der Waals surface area contributed by atoms with Crippen molar-refractivity contribution in [2.45, 2.75) is 59.9 Å². The van der Waals surface area contributed by atoms with Gasteiger partial charge in [0.05, 0.1) is 0 Å². The molecular formula is C16H32N2O. The van der Waals surface area contributed by atoms with Gasteiger partial charge in [0.1, 0.15) is 0 Å². The second-order valence-electron chi connectivity index (χ2n) is 6.58. The molecule has 0 aromatic rings. The van der Waals surface area contributed by atoms with Gasteiger partial charge in [-0.2, -0.15) is 0 Å². The van der Waals surface area contributed by atoms with Gasteiger partial charge < -0.3 is 10.2 Å². The zero-order chi connectivity index (χ0) is 14.4. The number of carbonyl (C=O) groups excluding carboxylic acids is 1. The third kappa shape index (κ3) is 5.13. The van der Waals surface area contributed by atoms with Crippen LogP contribution in [-0.2, 0) is 4.79 Å². The van der Waals surface area contributed by atoms with Gasteiger partial charge in [-0.05, 0) is 37.1 Å². The van der Waals surface area contributed by atoms with Crippen molar-refractivity contribution in [1.29, 1.82) is 0 Å². The van der Waals surface area contributed by atoms with Crippen molar-refractivity contribution in [1.82, 2.24) is 10.2 Å². The van der Waals surface area contributed by atoms with Crippen molar-refractivity contribution >= 4 is 5.91 Å². The predicted molar refractivity (Wildman–Crippen MR) is 81.1 cm³/mol. The molecule has 0 aromatic carbocycles. The second-order valence-corrected chi connectivity index (χ2v) is 6.58. The first-order valence-electron chi connectivity index (χ1n) is 7.96. The minimum absolute atomic E-state index is 0.353. The lowest BCUT2D eigenvalue weighted by molar-refractivity contribution is -0.131. The first-order valence-corrected chi connectivity index (χ1v) is 7.96. The highest BCUT2D eigenvalue weighted by molar-refractivity contribution is 5.76. The van der Waals surface area contributed by atoms with E-state index in [0.717, 1.165) is 32.5 Å². The van der Waals surface area contributed by atoms with Gasteiger partial charge in [0.25, 0.3) is 0 Å². The van der Waals surface area contributed by atoms with E-state index in [4.69, 9.17) is 0 Å². The maximum absolute atomic E-state index is 12.2. The number of nitrogens with zero attached hydrogens (tertiary/aromatic N) is 1. The molecule has 1 saturated heterocycles. The monoisotopic (exact) mass is 268 g/mol. The van der Waals surface area contributed by atoms with Crippen molar-refractivity contribution in [2.24, 2.45) is 17.8 Å². The van der Waals surface area contributed by atoms with Gasteiger partial charge in [-0.25, -0.2) is 0 Å². The fourth-order valence-corrected chi connectivity index (χ4v) is 2.93. The summed E-state index contributed by atoms with van der Waals surface area (Å²) in [5.41, 5.74) is 0. The Morgan fingerprint density at radius 2 is 1.95 bits per heavy atom. The van der Waals surface area contributed by atoms with Crippen molar-refractivity contribution < 1.29 is 4.79 Å². The fourth-order valence-electron chi connectivity index (χ4n) is 2.93. The molecule has 0 spiro atoms. The van der Waals surface area contributed by atoms with Crippen LogP contribution in [0.25, 0.3) is 0 Å². The van der Waals surface area contributed by atoms with Crippen molar-refractivity contribution in [3.8, 4) is 0 Å². The standard InChI is InChI=1S/C16H32N2O/c1-6-17-15(13(4)5)11-18-10-9-14(12(2)3)7-8-16(18)19/h12-15,17H,6-11H2,1-5H3. The quantitative estimate of drug-likeness (QED) is 0.803. The number of likely N-dealkylation sites (N-methyl/N-ethyl adjacent to an activating group) is 1. The van der Waals surface area contributed by atoms with Crippen LogP contribution in [0.3, 0.4) is 0 Å². The Morgan fingerprint density at radius 1 is 1.26 bits per heavy atom. The van der Waals surface area contributed by atoms with Gasteiger partial charge in [-0.3, -0.25) is 4.79 Å². The average Bonchev–Trinajstić information content (AvgIpc) is 2.51. The topological polar surface area (TPSA) is 32.3 Å². The highest BCUT2D eigenvalue weighted by atomic mass is 16.2. The SMILES string of the molecule is CCNC(CN1CCC(C(C)C)CCC1=O)C(C)C. The third-order valence-corrected chi connectivity index (χ3v) is 4.48. The number of carbonyl (C=O) groups is 1. The summed E-state index contributed by atoms with van der Waals surface area (Å²) < 4.78 is 0. The van der Waals surface area contributed by atoms with Crippen LogP contribution in [0.2, 0.25) is 0 Å². The molecular weight excluding hydrogens is 236 g/mol. The highest BCUT2D eigenvalue weighted by Crippen LogP contribution is 2.25. The summed E-state index contributed by atoms with van der Waals surface area (Å²) >= 11 is 0. The van der Waals surface area contributed by atoms with E-state index in [0.29, 0.717) is 29.7 Å². The summed E-state index contributed by atoms with van der Waals surface area (Å²) in [6, 6.07) is 0.421. The second kappa shape index (κ2) is 7.88. The van der Waals surface area contributed by atoms with E-state index in [9.17, 15) is 4.79 Å². The van der Waals surface area contributed by atoms with Crippen LogP contribution in [0.15, 0.2) is 0 Å². The number of hydrogen-bond donors (Lipinski definition) is 1. The zero-order valence-corrected chi connectivity index (χ0v) is 13.4. The molecule has 0 aliphatic carbocycles. The minimum Gasteiger partial charge on any atom is -0.341 e. The van der Waals surface area contributed by atoms with E-state index < -0.39 is 0 Å². The average molecular weight is 268 g/mol. The molecule has 0 bridgehead atoms. The van der Waals surface area contributed by atoms with Crippen LogP contribution < -0.4 is 5.32 Å². The molecule has 3 heteroatoms. The predicted octanol–water partition coefficient (Wildman–Crippen LogP) is 2.91. The van der Waals surface area contributed by atoms with Crippen molar-refractivity contribution in [2.75, 3.05) is 19.6 Å². The molecule has 2 atom stereocenters. The van der Waals surface area contributed by atoms with E-state index in [1.165, 1.54) is 6.42 Å². The number of hydrogen-bond acceptors (Lipinski definition) is 2. The molecule has 1 rings (SSSR count). The third-order valence-electron chi connectivity index (χ3n) is 4.48. The van der Waals surface area contributed by atoms with Gasteiger partial charge in [-0.1, -0.05) is 34.6 Å². The van der Waals surface area contributed by atoms with Gasteiger partial charge in [0.2, 0.25) is 5.91 Å². The summed E-state index contributed by atoms with van der Waals surface area (Å²) in [5.74, 6) is 2.33. The Hall–Kier alpha value is -0.570. The number of nitrogens with one attached hydrogen (secondary N) is 1. The molecule has 0 radical (unpaired) electrons. The minimum atomic E-state index is 0.353. The largest absolute Gasteiger partial charge is 0.341 e. The molecule has 3 nitrogen and oxygen atoms in total. The molecule has 1 N–H and O–H groups in total. The van der Waals surface area contributed by atoms with Crippen LogP contribution >= 0.6 is 0 Å². The highest BCUT2D eigenvalue weighted by Gasteiger charge is 2.26. The normalized spacial score (nSPS) is 23.0. The Kier molecular flexibility index (Phi) is 6.84. The molecule has 1 amide bonds. The van der Waals surface area contributed by atoms with Crippen molar-refractivity contribution in [3.63, 3.8) is 0 Å². The van der Waals surface area contributed by atoms with Gasteiger partial charge >= 0.3 is 0 Å². The van der Waals surface area contributed by atoms with E-state index >= 15 is 0 Å². The number of amides is 1. The Labute approximate surface area is 119 Å². The van der Waals surface area contributed by atoms with Crippen LogP contribution in [0.1, 0.15) is 53.9 Å². The van der Waals surface area contributed by atoms with Crippen LogP contribution in [-0.4, -0.2) is 36.5 Å². The Bertz CT molecular complexity index is 276. The molecule has 1 aliphatic heterocycles. The number of likely N-dealkylation sites (tertiary alicyclic amines) is 1. The lowest BCUT2D eigenvalue weighted by atomic mass is 9.89. The number of rotatable bonds is 6. The van der Waals surface area contributed by atoms with Crippen LogP contribution in [0.4, 0.5) is 0 Å². The molecule has 2 unspecified atom stereocenters. The van der Waals surface area contributed by atoms with Gasteiger partial charge in [0, 0.05) is 25.6 Å². The van der Waals surface area contributed by atoms with Crippen LogP contribution in [0.5, 0.6) is 0 Å². The van der Waals surface area contributed by atoms with Gasteiger partial charge in [-0.15, -0.1) is 0 Å². The van der Waals surface area contributed by atoms with Crippen LogP contribution in [0, 0.1) is 17.8 Å². The smallest absolute Gasteiger partial charge is 0.222 e. The van der Waals surface area contributed by atoms with E-state index in [1.807, 2.05) is 0 Å². The maximum atomic E-state index is 12.2. The Balaban J connectivity index is 2.58. The molecule has 0 aromatic heterocycles. The summed E-state index contributed by atoms with van der Waals surface area (Å²) in [4.78, 5) is 14.3. The van der Waals surface area contributed by atoms with Gasteiger partial charge in [0.15, 0.2) is 0 Å². The lowest BCUT2D eigenvalue weighted by Gasteiger charge is -2.29. The molecule has 0 saturated carbocycles.